The molecule has 2 aromatic rings. The van der Waals surface area contributed by atoms with E-state index in [1.807, 2.05) is 24.3 Å². The molecule has 0 bridgehead atoms. The lowest BCUT2D eigenvalue weighted by molar-refractivity contribution is 0.0950. The van der Waals surface area contributed by atoms with Gasteiger partial charge in [0.25, 0.3) is 5.91 Å². The van der Waals surface area contributed by atoms with E-state index in [9.17, 15) is 4.79 Å². The second-order valence-electron chi connectivity index (χ2n) is 4.21. The average molecular weight is 269 g/mol. The summed E-state index contributed by atoms with van der Waals surface area (Å²) in [6.45, 7) is 1.98. The fraction of sp³-hybridized carbons (Fsp3) is 0.200. The standard InChI is InChI=1S/C15H15N3O2/c1-11-14(10-17-18-11)15(20)16-9-13-6-3-2-5-12(13)7-4-8-19/h2-3,5-6,10,19H,8-9H2,1H3,(H,16,20)(H,17,18). The molecule has 0 radical (unpaired) electrons. The summed E-state index contributed by atoms with van der Waals surface area (Å²) < 4.78 is 0. The number of aryl methyl sites for hydroxylation is 1. The number of H-pyrrole nitrogens is 1. The predicted molar refractivity (Wildman–Crippen MR) is 74.9 cm³/mol. The molecule has 0 aliphatic carbocycles. The van der Waals surface area contributed by atoms with Crippen LogP contribution in [0.5, 0.6) is 0 Å². The van der Waals surface area contributed by atoms with Gasteiger partial charge in [0, 0.05) is 17.8 Å². The van der Waals surface area contributed by atoms with Gasteiger partial charge in [-0.25, -0.2) is 0 Å². The Hall–Kier alpha value is -2.58. The number of nitrogens with zero attached hydrogens (tertiary/aromatic N) is 1. The zero-order chi connectivity index (χ0) is 14.4. The summed E-state index contributed by atoms with van der Waals surface area (Å²) in [5, 5.41) is 18.1. The van der Waals surface area contributed by atoms with Crippen LogP contribution < -0.4 is 5.32 Å². The average Bonchev–Trinajstić information content (AvgIpc) is 2.89. The van der Waals surface area contributed by atoms with Gasteiger partial charge in [-0.3, -0.25) is 9.89 Å². The van der Waals surface area contributed by atoms with Gasteiger partial charge in [0.2, 0.25) is 0 Å². The topological polar surface area (TPSA) is 78.0 Å². The van der Waals surface area contributed by atoms with Gasteiger partial charge < -0.3 is 10.4 Å². The number of amides is 1. The zero-order valence-corrected chi connectivity index (χ0v) is 11.1. The number of rotatable bonds is 3. The first kappa shape index (κ1) is 13.8. The van der Waals surface area contributed by atoms with Crippen molar-refractivity contribution in [3.8, 4) is 11.8 Å². The molecule has 3 N–H and O–H groups in total. The van der Waals surface area contributed by atoms with Crippen LogP contribution in [0.25, 0.3) is 0 Å². The van der Waals surface area contributed by atoms with Gasteiger partial charge in [0.15, 0.2) is 0 Å². The summed E-state index contributed by atoms with van der Waals surface area (Å²) in [7, 11) is 0. The minimum atomic E-state index is -0.186. The number of nitrogens with one attached hydrogen (secondary N) is 2. The van der Waals surface area contributed by atoms with E-state index in [4.69, 9.17) is 5.11 Å². The molecule has 2 rings (SSSR count). The number of carbonyl (C=O) groups excluding carboxylic acids is 1. The van der Waals surface area contributed by atoms with Gasteiger partial charge >= 0.3 is 0 Å². The molecule has 0 aliphatic heterocycles. The number of carbonyl (C=O) groups is 1. The molecule has 5 heteroatoms. The maximum Gasteiger partial charge on any atom is 0.255 e. The number of aliphatic hydroxyl groups excluding tert-OH is 1. The Morgan fingerprint density at radius 3 is 2.95 bits per heavy atom. The van der Waals surface area contributed by atoms with Crippen molar-refractivity contribution in [2.75, 3.05) is 6.61 Å². The number of aromatic amines is 1. The highest BCUT2D eigenvalue weighted by atomic mass is 16.2. The summed E-state index contributed by atoms with van der Waals surface area (Å²) in [5.41, 5.74) is 2.97. The Balaban J connectivity index is 2.08. The Morgan fingerprint density at radius 1 is 1.45 bits per heavy atom. The molecule has 0 aliphatic rings. The molecule has 0 fully saturated rings. The minimum Gasteiger partial charge on any atom is -0.384 e. The SMILES string of the molecule is Cc1[nH]ncc1C(=O)NCc1ccccc1C#CCO. The van der Waals surface area contributed by atoms with Crippen molar-refractivity contribution in [3.05, 3.63) is 52.8 Å². The van der Waals surface area contributed by atoms with Crippen LogP contribution in [0.4, 0.5) is 0 Å². The van der Waals surface area contributed by atoms with Crippen LogP contribution in [-0.4, -0.2) is 27.8 Å². The van der Waals surface area contributed by atoms with E-state index in [0.29, 0.717) is 12.1 Å². The number of hydrogen-bond acceptors (Lipinski definition) is 3. The summed E-state index contributed by atoms with van der Waals surface area (Å²) in [4.78, 5) is 12.0. The lowest BCUT2D eigenvalue weighted by Crippen LogP contribution is -2.23. The van der Waals surface area contributed by atoms with Crippen LogP contribution in [0.15, 0.2) is 30.5 Å². The Kier molecular flexibility index (Phi) is 4.53. The maximum atomic E-state index is 12.0. The highest BCUT2D eigenvalue weighted by molar-refractivity contribution is 5.94. The van der Waals surface area contributed by atoms with Crippen LogP contribution in [0, 0.1) is 18.8 Å². The van der Waals surface area contributed by atoms with Crippen molar-refractivity contribution in [3.63, 3.8) is 0 Å². The van der Waals surface area contributed by atoms with Crippen molar-refractivity contribution in [2.45, 2.75) is 13.5 Å². The first-order valence-corrected chi connectivity index (χ1v) is 6.18. The smallest absolute Gasteiger partial charge is 0.255 e. The molecule has 1 amide bonds. The third-order valence-electron chi connectivity index (χ3n) is 2.83. The van der Waals surface area contributed by atoms with E-state index in [0.717, 1.165) is 16.8 Å². The molecule has 102 valence electrons. The second-order valence-corrected chi connectivity index (χ2v) is 4.21. The summed E-state index contributed by atoms with van der Waals surface area (Å²) in [6, 6.07) is 7.50. The minimum absolute atomic E-state index is 0.179. The highest BCUT2D eigenvalue weighted by Crippen LogP contribution is 2.08. The van der Waals surface area contributed by atoms with E-state index < -0.39 is 0 Å². The van der Waals surface area contributed by atoms with Gasteiger partial charge in [-0.1, -0.05) is 30.0 Å². The van der Waals surface area contributed by atoms with Crippen LogP contribution in [0.2, 0.25) is 0 Å². The maximum absolute atomic E-state index is 12.0. The third-order valence-corrected chi connectivity index (χ3v) is 2.83. The molecule has 0 unspecified atom stereocenters. The van der Waals surface area contributed by atoms with Crippen molar-refractivity contribution < 1.29 is 9.90 Å². The van der Waals surface area contributed by atoms with Gasteiger partial charge in [-0.2, -0.15) is 5.10 Å². The molecule has 0 spiro atoms. The highest BCUT2D eigenvalue weighted by Gasteiger charge is 2.10. The lowest BCUT2D eigenvalue weighted by Gasteiger charge is -2.06. The van der Waals surface area contributed by atoms with E-state index in [1.54, 1.807) is 6.92 Å². The Morgan fingerprint density at radius 2 is 2.25 bits per heavy atom. The van der Waals surface area contributed by atoms with Gasteiger partial charge in [0.05, 0.1) is 11.8 Å². The zero-order valence-electron chi connectivity index (χ0n) is 11.1. The van der Waals surface area contributed by atoms with Crippen molar-refractivity contribution >= 4 is 5.91 Å². The number of benzene rings is 1. The predicted octanol–water partition coefficient (Wildman–Crippen LogP) is 0.992. The second kappa shape index (κ2) is 6.55. The van der Waals surface area contributed by atoms with E-state index in [2.05, 4.69) is 27.4 Å². The largest absolute Gasteiger partial charge is 0.384 e. The lowest BCUT2D eigenvalue weighted by atomic mass is 10.1. The molecular weight excluding hydrogens is 254 g/mol. The summed E-state index contributed by atoms with van der Waals surface area (Å²) in [5.74, 6) is 5.29. The Labute approximate surface area is 117 Å². The summed E-state index contributed by atoms with van der Waals surface area (Å²) >= 11 is 0. The molecule has 0 saturated carbocycles. The van der Waals surface area contributed by atoms with Crippen LogP contribution in [0.1, 0.15) is 27.2 Å². The fourth-order valence-corrected chi connectivity index (χ4v) is 1.78. The molecule has 20 heavy (non-hydrogen) atoms. The van der Waals surface area contributed by atoms with E-state index >= 15 is 0 Å². The molecule has 5 nitrogen and oxygen atoms in total. The van der Waals surface area contributed by atoms with Crippen molar-refractivity contribution in [1.82, 2.24) is 15.5 Å². The molecule has 0 atom stereocenters. The van der Waals surface area contributed by atoms with E-state index in [1.165, 1.54) is 6.20 Å². The normalized spacial score (nSPS) is 9.70. The van der Waals surface area contributed by atoms with Crippen LogP contribution in [-0.2, 0) is 6.54 Å². The molecule has 0 saturated heterocycles. The van der Waals surface area contributed by atoms with E-state index in [-0.39, 0.29) is 12.5 Å². The molecular formula is C15H15N3O2. The van der Waals surface area contributed by atoms with Gasteiger partial charge in [-0.15, -0.1) is 0 Å². The molecule has 1 aromatic heterocycles. The fourth-order valence-electron chi connectivity index (χ4n) is 1.78. The third kappa shape index (κ3) is 3.25. The molecule has 1 heterocycles. The number of hydrogen-bond donors (Lipinski definition) is 3. The van der Waals surface area contributed by atoms with Crippen molar-refractivity contribution in [1.29, 1.82) is 0 Å². The van der Waals surface area contributed by atoms with Crippen LogP contribution >= 0.6 is 0 Å². The monoisotopic (exact) mass is 269 g/mol. The van der Waals surface area contributed by atoms with Gasteiger partial charge in [-0.05, 0) is 18.6 Å². The number of aromatic nitrogens is 2. The quantitative estimate of drug-likeness (QED) is 0.727. The first-order chi connectivity index (χ1) is 9.72. The summed E-state index contributed by atoms with van der Waals surface area (Å²) in [6.07, 6.45) is 1.50. The van der Waals surface area contributed by atoms with Crippen molar-refractivity contribution in [2.24, 2.45) is 0 Å². The molecule has 1 aromatic carbocycles. The van der Waals surface area contributed by atoms with Gasteiger partial charge in [0.1, 0.15) is 6.61 Å². The van der Waals surface area contributed by atoms with Crippen LogP contribution in [0.3, 0.4) is 0 Å². The first-order valence-electron chi connectivity index (χ1n) is 6.18. The Bertz CT molecular complexity index is 665. The number of aliphatic hydroxyl groups is 1.